The summed E-state index contributed by atoms with van der Waals surface area (Å²) in [7, 11) is -4.92. The highest BCUT2D eigenvalue weighted by molar-refractivity contribution is 7.79. The van der Waals surface area contributed by atoms with Crippen molar-refractivity contribution < 1.29 is 135 Å². The zero-order valence-corrected chi connectivity index (χ0v) is 20.7. The van der Waals surface area contributed by atoms with Crippen LogP contribution in [0.2, 0.25) is 0 Å². The molecule has 0 fully saturated rings. The van der Waals surface area contributed by atoms with Crippen LogP contribution < -0.4 is 21.2 Å². The molecule has 4 nitrogen and oxygen atoms in total. The summed E-state index contributed by atoms with van der Waals surface area (Å²) in [5, 5.41) is 0. The highest BCUT2D eigenvalue weighted by atomic mass is 127. The smallest absolute Gasteiger partial charge is 0.517 e. The maximum Gasteiger partial charge on any atom is 0.517 e. The molecule has 1 aromatic rings. The van der Waals surface area contributed by atoms with E-state index in [0.717, 1.165) is 0 Å². The minimum Gasteiger partial charge on any atom is -0.726 e. The fourth-order valence-corrected chi connectivity index (χ4v) is 4.29. The van der Waals surface area contributed by atoms with E-state index < -0.39 is 110 Å². The molecule has 28 heteroatoms. The van der Waals surface area contributed by atoms with Crippen molar-refractivity contribution in [3.05, 3.63) is 32.7 Å². The van der Waals surface area contributed by atoms with Crippen LogP contribution in [0.5, 0.6) is 0 Å². The normalized spacial score (nSPS) is 15.0. The molecule has 42 heavy (non-hydrogen) atoms. The van der Waals surface area contributed by atoms with Gasteiger partial charge in [-0.25, -0.2) is 21.6 Å². The second-order valence-electron chi connectivity index (χ2n) is 6.85. The monoisotopic (exact) mass is 810 g/mol. The SMILES string of the molecule is Fc1c(F)c(F)c([I+]C(F)(F)C(F)(F)C(F)(F)C(F)(F)C(F)(F)C(F)(F)C(F)(F)C(F)(F)F)c(F)c1F.O=S(=O)([O-])O. The van der Waals surface area contributed by atoms with Crippen molar-refractivity contribution in [2.75, 3.05) is 0 Å². The van der Waals surface area contributed by atoms with Crippen LogP contribution in [0, 0.1) is 32.7 Å². The van der Waals surface area contributed by atoms with Crippen molar-refractivity contribution in [2.45, 2.75) is 45.6 Å². The largest absolute Gasteiger partial charge is 0.726 e. The molecule has 0 atom stereocenters. The van der Waals surface area contributed by atoms with Gasteiger partial charge >= 0.3 is 66.8 Å². The fourth-order valence-electron chi connectivity index (χ4n) is 1.98. The number of benzene rings is 1. The highest BCUT2D eigenvalue weighted by Crippen LogP contribution is 2.63. The summed E-state index contributed by atoms with van der Waals surface area (Å²) >= 11 is -5.27. The van der Waals surface area contributed by atoms with Crippen LogP contribution in [0.1, 0.15) is 0 Å². The molecule has 0 amide bonds. The van der Waals surface area contributed by atoms with Gasteiger partial charge in [0.1, 0.15) is 0 Å². The summed E-state index contributed by atoms with van der Waals surface area (Å²) in [6.45, 7) is 0. The molecule has 0 aliphatic carbocycles. The summed E-state index contributed by atoms with van der Waals surface area (Å²) < 4.78 is 312. The van der Waals surface area contributed by atoms with Crippen molar-refractivity contribution in [3.8, 4) is 0 Å². The Morgan fingerprint density at radius 2 is 0.690 bits per heavy atom. The molecule has 1 aromatic carbocycles. The first-order valence-electron chi connectivity index (χ1n) is 8.47. The number of alkyl halides is 18. The highest BCUT2D eigenvalue weighted by Gasteiger charge is 2.97. The van der Waals surface area contributed by atoms with Crippen LogP contribution in [0.15, 0.2) is 0 Å². The minimum absolute atomic E-state index is 3.06. The van der Waals surface area contributed by atoms with Gasteiger partial charge in [0.15, 0.2) is 0 Å². The molecule has 0 aromatic heterocycles. The molecule has 0 spiro atoms. The Labute approximate surface area is 224 Å². The summed E-state index contributed by atoms with van der Waals surface area (Å²) in [5.41, 5.74) is 0. The van der Waals surface area contributed by atoms with E-state index in [2.05, 4.69) is 0 Å². The Bertz CT molecular complexity index is 1240. The molecular formula is C14HF22IO4S. The summed E-state index contributed by atoms with van der Waals surface area (Å²) in [6, 6.07) is 0. The predicted octanol–water partition coefficient (Wildman–Crippen LogP) is 3.61. The quantitative estimate of drug-likeness (QED) is 0.0830. The second kappa shape index (κ2) is 11.3. The molecule has 0 aliphatic heterocycles. The Hall–Kier alpha value is -1.72. The lowest BCUT2D eigenvalue weighted by molar-refractivity contribution is -0.794. The first-order valence-corrected chi connectivity index (χ1v) is 12.0. The molecule has 248 valence electrons. The van der Waals surface area contributed by atoms with E-state index in [9.17, 15) is 96.6 Å². The number of hydrogen-bond acceptors (Lipinski definition) is 3. The third kappa shape index (κ3) is 6.53. The van der Waals surface area contributed by atoms with Crippen LogP contribution in [-0.2, 0) is 10.4 Å². The molecule has 0 radical (unpaired) electrons. The Kier molecular flexibility index (Phi) is 10.9. The maximum absolute atomic E-state index is 13.8. The molecule has 0 bridgehead atoms. The lowest BCUT2D eigenvalue weighted by Gasteiger charge is -2.41. The van der Waals surface area contributed by atoms with Gasteiger partial charge in [0.05, 0.1) is 0 Å². The number of halogens is 23. The molecule has 0 unspecified atom stereocenters. The fraction of sp³-hybridized carbons (Fsp3) is 0.571. The van der Waals surface area contributed by atoms with Gasteiger partial charge < -0.3 is 4.55 Å². The zero-order valence-electron chi connectivity index (χ0n) is 17.8. The summed E-state index contributed by atoms with van der Waals surface area (Å²) in [5.74, 6) is -68.5. The third-order valence-electron chi connectivity index (χ3n) is 4.05. The van der Waals surface area contributed by atoms with E-state index in [0.29, 0.717) is 0 Å². The van der Waals surface area contributed by atoms with E-state index in [1.165, 1.54) is 0 Å². The first kappa shape index (κ1) is 40.3. The van der Waals surface area contributed by atoms with Crippen LogP contribution in [0.25, 0.3) is 0 Å². The van der Waals surface area contributed by atoms with Gasteiger partial charge in [-0.2, -0.15) is 83.4 Å². The maximum atomic E-state index is 13.8. The van der Waals surface area contributed by atoms with E-state index in [1.54, 1.807) is 0 Å². The van der Waals surface area contributed by atoms with Gasteiger partial charge in [-0.15, -0.1) is 0 Å². The number of hydrogen-bond donors (Lipinski definition) is 1. The van der Waals surface area contributed by atoms with Crippen LogP contribution in [-0.4, -0.2) is 63.2 Å². The average molecular weight is 810 g/mol. The van der Waals surface area contributed by atoms with Gasteiger partial charge in [0.25, 0.3) is 3.57 Å². The van der Waals surface area contributed by atoms with E-state index in [1.807, 2.05) is 0 Å². The van der Waals surface area contributed by atoms with Crippen molar-refractivity contribution in [1.82, 2.24) is 0 Å². The predicted molar refractivity (Wildman–Crippen MR) is 77.9 cm³/mol. The van der Waals surface area contributed by atoms with Crippen molar-refractivity contribution in [3.63, 3.8) is 0 Å². The topological polar surface area (TPSA) is 77.4 Å². The Morgan fingerprint density at radius 1 is 0.476 bits per heavy atom. The van der Waals surface area contributed by atoms with E-state index in [4.69, 9.17) is 17.5 Å². The van der Waals surface area contributed by atoms with Gasteiger partial charge in [-0.3, -0.25) is 4.55 Å². The molecule has 0 saturated carbocycles. The van der Waals surface area contributed by atoms with Crippen LogP contribution in [0.4, 0.5) is 96.6 Å². The molecule has 0 saturated heterocycles. The number of rotatable bonds is 8. The first-order chi connectivity index (χ1) is 17.9. The van der Waals surface area contributed by atoms with Gasteiger partial charge in [-0.1, -0.05) is 0 Å². The summed E-state index contributed by atoms with van der Waals surface area (Å²) in [4.78, 5) is 0. The average Bonchev–Trinajstić information content (AvgIpc) is 2.76. The van der Waals surface area contributed by atoms with Crippen molar-refractivity contribution in [1.29, 1.82) is 0 Å². The standard InChI is InChI=1S/C14F22I.H2O4S/c15-1-2(16)4(18)6(5(19)3(1)17)37-14(35,36)12(30,31)10(26,27)8(22,23)7(20,21)9(24,25)11(28,29)13(32,33)34;1-5(2,3)4/h;(H2,1,2,3,4)/q+1;/p-1. The molecule has 0 aliphatic rings. The summed E-state index contributed by atoms with van der Waals surface area (Å²) in [6.07, 6.45) is -7.95. The second-order valence-corrected chi connectivity index (χ2v) is 10.7. The lowest BCUT2D eigenvalue weighted by atomic mass is 9.91. The van der Waals surface area contributed by atoms with E-state index >= 15 is 0 Å². The molecule has 0 heterocycles. The zero-order chi connectivity index (χ0) is 34.7. The molecular weight excluding hydrogens is 809 g/mol. The molecule has 1 rings (SSSR count). The van der Waals surface area contributed by atoms with Gasteiger partial charge in [0.2, 0.25) is 39.5 Å². The third-order valence-corrected chi connectivity index (χ3v) is 6.89. The molecule has 1 N–H and O–H groups in total. The minimum atomic E-state index is -8.94. The van der Waals surface area contributed by atoms with Crippen molar-refractivity contribution in [2.24, 2.45) is 0 Å². The van der Waals surface area contributed by atoms with Gasteiger partial charge in [-0.05, 0) is 0 Å². The van der Waals surface area contributed by atoms with Crippen molar-refractivity contribution >= 4 is 10.4 Å². The van der Waals surface area contributed by atoms with Crippen LogP contribution >= 0.6 is 0 Å². The van der Waals surface area contributed by atoms with Gasteiger partial charge in [0, 0.05) is 0 Å². The lowest BCUT2D eigenvalue weighted by Crippen LogP contribution is -3.68. The Balaban J connectivity index is 0.00000308. The Morgan fingerprint density at radius 3 is 0.952 bits per heavy atom. The van der Waals surface area contributed by atoms with Crippen LogP contribution in [0.3, 0.4) is 0 Å². The van der Waals surface area contributed by atoms with E-state index in [-0.39, 0.29) is 0 Å².